The molecule has 0 amide bonds. The lowest BCUT2D eigenvalue weighted by atomic mass is 9.98. The molecule has 0 fully saturated rings. The molecule has 0 aromatic heterocycles. The fourth-order valence-electron chi connectivity index (χ4n) is 1.07. The number of halogens is 1. The Balaban J connectivity index is 2.96. The Labute approximate surface area is 71.9 Å². The number of aromatic hydroxyl groups is 1. The van der Waals surface area contributed by atoms with Crippen molar-refractivity contribution in [3.8, 4) is 5.75 Å². The van der Waals surface area contributed by atoms with E-state index in [1.54, 1.807) is 6.07 Å². The van der Waals surface area contributed by atoms with Gasteiger partial charge in [-0.25, -0.2) is 4.39 Å². The second kappa shape index (κ2) is 3.57. The lowest BCUT2D eigenvalue weighted by molar-refractivity contribution is 0.431. The SMILES string of the molecule is CCC(C)c1ccc(F)c(O)c1. The largest absolute Gasteiger partial charge is 0.505 e. The predicted molar refractivity (Wildman–Crippen MR) is 46.8 cm³/mol. The van der Waals surface area contributed by atoms with Crippen LogP contribution in [0.15, 0.2) is 18.2 Å². The van der Waals surface area contributed by atoms with Gasteiger partial charge in [0.1, 0.15) is 0 Å². The molecule has 2 heteroatoms. The number of phenolic OH excluding ortho intramolecular Hbond substituents is 1. The first-order valence-corrected chi connectivity index (χ1v) is 4.13. The molecular weight excluding hydrogens is 155 g/mol. The minimum atomic E-state index is -0.554. The molecule has 0 heterocycles. The monoisotopic (exact) mass is 168 g/mol. The summed E-state index contributed by atoms with van der Waals surface area (Å²) in [4.78, 5) is 0. The van der Waals surface area contributed by atoms with Gasteiger partial charge in [-0.05, 0) is 30.0 Å². The molecule has 1 aromatic rings. The first kappa shape index (κ1) is 9.04. The van der Waals surface area contributed by atoms with Crippen LogP contribution in [0.25, 0.3) is 0 Å². The zero-order chi connectivity index (χ0) is 9.14. The van der Waals surface area contributed by atoms with Gasteiger partial charge in [0.15, 0.2) is 11.6 Å². The quantitative estimate of drug-likeness (QED) is 0.719. The van der Waals surface area contributed by atoms with Crippen molar-refractivity contribution >= 4 is 0 Å². The molecule has 0 spiro atoms. The Kier molecular flexibility index (Phi) is 2.69. The van der Waals surface area contributed by atoms with E-state index < -0.39 is 5.82 Å². The predicted octanol–water partition coefficient (Wildman–Crippen LogP) is 3.04. The summed E-state index contributed by atoms with van der Waals surface area (Å²) in [6, 6.07) is 4.50. The molecule has 0 saturated carbocycles. The Morgan fingerprint density at radius 3 is 2.67 bits per heavy atom. The van der Waals surface area contributed by atoms with Gasteiger partial charge in [0, 0.05) is 0 Å². The highest BCUT2D eigenvalue weighted by Gasteiger charge is 2.05. The van der Waals surface area contributed by atoms with Crippen molar-refractivity contribution in [3.63, 3.8) is 0 Å². The van der Waals surface area contributed by atoms with E-state index in [1.807, 2.05) is 6.92 Å². The Bertz CT molecular complexity index is 271. The number of hydrogen-bond donors (Lipinski definition) is 1. The molecular formula is C10H13FO. The molecule has 1 N–H and O–H groups in total. The van der Waals surface area contributed by atoms with E-state index in [4.69, 9.17) is 5.11 Å². The first-order chi connectivity index (χ1) is 5.65. The van der Waals surface area contributed by atoms with Gasteiger partial charge in [-0.15, -0.1) is 0 Å². The molecule has 0 radical (unpaired) electrons. The van der Waals surface area contributed by atoms with E-state index in [0.29, 0.717) is 5.92 Å². The summed E-state index contributed by atoms with van der Waals surface area (Å²) in [6.45, 7) is 4.11. The van der Waals surface area contributed by atoms with Crippen molar-refractivity contribution < 1.29 is 9.50 Å². The van der Waals surface area contributed by atoms with Crippen LogP contribution < -0.4 is 0 Å². The highest BCUT2D eigenvalue weighted by atomic mass is 19.1. The van der Waals surface area contributed by atoms with Gasteiger partial charge in [-0.1, -0.05) is 19.9 Å². The summed E-state index contributed by atoms with van der Waals surface area (Å²) in [7, 11) is 0. The van der Waals surface area contributed by atoms with Gasteiger partial charge in [0.2, 0.25) is 0 Å². The van der Waals surface area contributed by atoms with Gasteiger partial charge in [-0.3, -0.25) is 0 Å². The van der Waals surface area contributed by atoms with Gasteiger partial charge >= 0.3 is 0 Å². The third-order valence-corrected chi connectivity index (χ3v) is 2.15. The number of benzene rings is 1. The summed E-state index contributed by atoms with van der Waals surface area (Å²) in [5.41, 5.74) is 0.983. The maximum Gasteiger partial charge on any atom is 0.164 e. The summed E-state index contributed by atoms with van der Waals surface area (Å²) in [5.74, 6) is -0.439. The summed E-state index contributed by atoms with van der Waals surface area (Å²) in [6.07, 6.45) is 0.991. The van der Waals surface area contributed by atoms with E-state index in [-0.39, 0.29) is 5.75 Å². The molecule has 1 nitrogen and oxygen atoms in total. The maximum absolute atomic E-state index is 12.6. The van der Waals surface area contributed by atoms with E-state index in [2.05, 4.69) is 6.92 Å². The summed E-state index contributed by atoms with van der Waals surface area (Å²) >= 11 is 0. The zero-order valence-electron chi connectivity index (χ0n) is 7.34. The summed E-state index contributed by atoms with van der Waals surface area (Å²) < 4.78 is 12.6. The molecule has 0 saturated heterocycles. The first-order valence-electron chi connectivity index (χ1n) is 4.13. The molecule has 0 aliphatic heterocycles. The minimum Gasteiger partial charge on any atom is -0.505 e. The average Bonchev–Trinajstić information content (AvgIpc) is 2.08. The maximum atomic E-state index is 12.6. The lowest BCUT2D eigenvalue weighted by Crippen LogP contribution is -1.91. The highest BCUT2D eigenvalue weighted by molar-refractivity contribution is 5.30. The lowest BCUT2D eigenvalue weighted by Gasteiger charge is -2.08. The van der Waals surface area contributed by atoms with Crippen molar-refractivity contribution in [3.05, 3.63) is 29.6 Å². The van der Waals surface area contributed by atoms with E-state index in [0.717, 1.165) is 12.0 Å². The normalized spacial score (nSPS) is 12.9. The minimum absolute atomic E-state index is 0.257. The molecule has 1 rings (SSSR count). The Morgan fingerprint density at radius 1 is 1.50 bits per heavy atom. The number of rotatable bonds is 2. The van der Waals surface area contributed by atoms with Crippen LogP contribution in [0.2, 0.25) is 0 Å². The van der Waals surface area contributed by atoms with Crippen molar-refractivity contribution in [2.75, 3.05) is 0 Å². The molecule has 0 aliphatic rings. The molecule has 12 heavy (non-hydrogen) atoms. The van der Waals surface area contributed by atoms with Crippen molar-refractivity contribution in [2.45, 2.75) is 26.2 Å². The van der Waals surface area contributed by atoms with Crippen molar-refractivity contribution in [1.82, 2.24) is 0 Å². The van der Waals surface area contributed by atoms with Crippen LogP contribution in [0.4, 0.5) is 4.39 Å². The van der Waals surface area contributed by atoms with E-state index >= 15 is 0 Å². The fraction of sp³-hybridized carbons (Fsp3) is 0.400. The average molecular weight is 168 g/mol. The van der Waals surface area contributed by atoms with Crippen LogP contribution >= 0.6 is 0 Å². The molecule has 1 unspecified atom stereocenters. The fourth-order valence-corrected chi connectivity index (χ4v) is 1.07. The van der Waals surface area contributed by atoms with Crippen LogP contribution in [-0.2, 0) is 0 Å². The number of phenols is 1. The van der Waals surface area contributed by atoms with Crippen LogP contribution in [0.5, 0.6) is 5.75 Å². The summed E-state index contributed by atoms with van der Waals surface area (Å²) in [5, 5.41) is 9.07. The van der Waals surface area contributed by atoms with E-state index in [9.17, 15) is 4.39 Å². The second-order valence-electron chi connectivity index (χ2n) is 3.02. The van der Waals surface area contributed by atoms with Crippen LogP contribution in [0.3, 0.4) is 0 Å². The van der Waals surface area contributed by atoms with Crippen molar-refractivity contribution in [2.24, 2.45) is 0 Å². The van der Waals surface area contributed by atoms with Gasteiger partial charge in [-0.2, -0.15) is 0 Å². The standard InChI is InChI=1S/C10H13FO/c1-3-7(2)8-4-5-9(11)10(12)6-8/h4-7,12H,3H2,1-2H3. The van der Waals surface area contributed by atoms with Crippen LogP contribution in [0, 0.1) is 5.82 Å². The molecule has 0 aliphatic carbocycles. The second-order valence-corrected chi connectivity index (χ2v) is 3.02. The zero-order valence-corrected chi connectivity index (χ0v) is 7.34. The highest BCUT2D eigenvalue weighted by Crippen LogP contribution is 2.24. The smallest absolute Gasteiger partial charge is 0.164 e. The van der Waals surface area contributed by atoms with Gasteiger partial charge in [0.25, 0.3) is 0 Å². The van der Waals surface area contributed by atoms with Crippen LogP contribution in [-0.4, -0.2) is 5.11 Å². The topological polar surface area (TPSA) is 20.2 Å². The third kappa shape index (κ3) is 1.76. The van der Waals surface area contributed by atoms with E-state index in [1.165, 1.54) is 12.1 Å². The van der Waals surface area contributed by atoms with Gasteiger partial charge in [0.05, 0.1) is 0 Å². The number of hydrogen-bond acceptors (Lipinski definition) is 1. The molecule has 66 valence electrons. The Hall–Kier alpha value is -1.05. The van der Waals surface area contributed by atoms with Crippen LogP contribution in [0.1, 0.15) is 31.7 Å². The van der Waals surface area contributed by atoms with Crippen molar-refractivity contribution in [1.29, 1.82) is 0 Å². The molecule has 0 bridgehead atoms. The Morgan fingerprint density at radius 2 is 2.17 bits per heavy atom. The van der Waals surface area contributed by atoms with Gasteiger partial charge < -0.3 is 5.11 Å². The molecule has 1 atom stereocenters. The molecule has 1 aromatic carbocycles. The third-order valence-electron chi connectivity index (χ3n) is 2.15.